The van der Waals surface area contributed by atoms with Crippen molar-refractivity contribution >= 4 is 15.9 Å². The molecule has 3 rings (SSSR count). The molecule has 1 aliphatic heterocycles. The Morgan fingerprint density at radius 2 is 2.15 bits per heavy atom. The van der Waals surface area contributed by atoms with Crippen LogP contribution in [0.4, 0.5) is 0 Å². The Morgan fingerprint density at radius 3 is 2.95 bits per heavy atom. The predicted molar refractivity (Wildman–Crippen MR) is 87.7 cm³/mol. The quantitative estimate of drug-likeness (QED) is 0.687. The van der Waals surface area contributed by atoms with Crippen LogP contribution in [0.15, 0.2) is 24.3 Å². The number of hydrogen-bond donors (Lipinski definition) is 0. The number of alkyl halides is 1. The van der Waals surface area contributed by atoms with Crippen LogP contribution in [0.5, 0.6) is 0 Å². The van der Waals surface area contributed by atoms with Gasteiger partial charge in [0.05, 0.1) is 6.10 Å². The summed E-state index contributed by atoms with van der Waals surface area (Å²) in [6.07, 6.45) is 10.9. The molecule has 20 heavy (non-hydrogen) atoms. The van der Waals surface area contributed by atoms with Crippen molar-refractivity contribution < 1.29 is 4.74 Å². The molecule has 0 saturated carbocycles. The number of hydrogen-bond acceptors (Lipinski definition) is 1. The molecular formula is C18H25BrO. The van der Waals surface area contributed by atoms with E-state index in [-0.39, 0.29) is 0 Å². The van der Waals surface area contributed by atoms with Gasteiger partial charge in [0, 0.05) is 17.4 Å². The predicted octanol–water partition coefficient (Wildman–Crippen LogP) is 5.00. The van der Waals surface area contributed by atoms with Crippen molar-refractivity contribution in [3.63, 3.8) is 0 Å². The number of aryl methyl sites for hydroxylation is 1. The van der Waals surface area contributed by atoms with E-state index in [2.05, 4.69) is 40.2 Å². The van der Waals surface area contributed by atoms with E-state index in [0.717, 1.165) is 11.9 Å². The minimum absolute atomic E-state index is 0.368. The third-order valence-electron chi connectivity index (χ3n) is 5.15. The second-order valence-electron chi connectivity index (χ2n) is 6.45. The second-order valence-corrected chi connectivity index (χ2v) is 7.01. The SMILES string of the molecule is BrCC1(CCCC2CCCO2)CCCc2ccccc21. The normalized spacial score (nSPS) is 29.4. The van der Waals surface area contributed by atoms with Crippen LogP contribution < -0.4 is 0 Å². The first kappa shape index (κ1) is 14.6. The molecule has 1 aromatic carbocycles. The Bertz CT molecular complexity index is 439. The summed E-state index contributed by atoms with van der Waals surface area (Å²) in [5, 5.41) is 1.10. The maximum absolute atomic E-state index is 5.77. The van der Waals surface area contributed by atoms with E-state index in [4.69, 9.17) is 4.74 Å². The molecule has 0 amide bonds. The van der Waals surface area contributed by atoms with Crippen LogP contribution in [0.25, 0.3) is 0 Å². The number of ether oxygens (including phenoxy) is 1. The van der Waals surface area contributed by atoms with Crippen LogP contribution in [-0.2, 0) is 16.6 Å². The van der Waals surface area contributed by atoms with Gasteiger partial charge in [0.15, 0.2) is 0 Å². The zero-order valence-corrected chi connectivity index (χ0v) is 13.8. The van der Waals surface area contributed by atoms with Crippen LogP contribution in [0.2, 0.25) is 0 Å². The zero-order chi connectivity index (χ0) is 13.8. The highest BCUT2D eigenvalue weighted by molar-refractivity contribution is 9.09. The fraction of sp³-hybridized carbons (Fsp3) is 0.667. The maximum Gasteiger partial charge on any atom is 0.0576 e. The van der Waals surface area contributed by atoms with Gasteiger partial charge in [0.2, 0.25) is 0 Å². The molecule has 1 fully saturated rings. The van der Waals surface area contributed by atoms with E-state index in [1.54, 1.807) is 11.1 Å². The van der Waals surface area contributed by atoms with Crippen molar-refractivity contribution in [2.75, 3.05) is 11.9 Å². The summed E-state index contributed by atoms with van der Waals surface area (Å²) in [6, 6.07) is 9.09. The molecule has 0 spiro atoms. The number of halogens is 1. The lowest BCUT2D eigenvalue weighted by atomic mass is 9.68. The molecule has 0 N–H and O–H groups in total. The average molecular weight is 337 g/mol. The van der Waals surface area contributed by atoms with Crippen LogP contribution in [0.3, 0.4) is 0 Å². The fourth-order valence-corrected chi connectivity index (χ4v) is 4.88. The Morgan fingerprint density at radius 1 is 1.25 bits per heavy atom. The molecule has 110 valence electrons. The topological polar surface area (TPSA) is 9.23 Å². The number of fused-ring (bicyclic) bond motifs is 1. The maximum atomic E-state index is 5.77. The van der Waals surface area contributed by atoms with E-state index in [1.165, 1.54) is 51.4 Å². The van der Waals surface area contributed by atoms with Crippen LogP contribution >= 0.6 is 15.9 Å². The fourth-order valence-electron chi connectivity index (χ4n) is 4.01. The van der Waals surface area contributed by atoms with E-state index in [9.17, 15) is 0 Å². The molecule has 0 aromatic heterocycles. The lowest BCUT2D eigenvalue weighted by Crippen LogP contribution is -2.33. The van der Waals surface area contributed by atoms with Gasteiger partial charge < -0.3 is 4.74 Å². The Hall–Kier alpha value is -0.340. The highest BCUT2D eigenvalue weighted by atomic mass is 79.9. The summed E-state index contributed by atoms with van der Waals surface area (Å²) in [7, 11) is 0. The number of benzene rings is 1. The minimum Gasteiger partial charge on any atom is -0.378 e. The minimum atomic E-state index is 0.368. The molecule has 0 bridgehead atoms. The molecular weight excluding hydrogens is 312 g/mol. The Labute approximate surface area is 131 Å². The van der Waals surface area contributed by atoms with Gasteiger partial charge in [-0.1, -0.05) is 40.2 Å². The van der Waals surface area contributed by atoms with Crippen LogP contribution in [0.1, 0.15) is 56.1 Å². The van der Waals surface area contributed by atoms with Crippen molar-refractivity contribution in [2.45, 2.75) is 62.9 Å². The summed E-state index contributed by atoms with van der Waals surface area (Å²) >= 11 is 3.82. The summed E-state index contributed by atoms with van der Waals surface area (Å²) < 4.78 is 5.77. The van der Waals surface area contributed by atoms with E-state index in [0.29, 0.717) is 11.5 Å². The summed E-state index contributed by atoms with van der Waals surface area (Å²) in [5.41, 5.74) is 3.55. The molecule has 1 saturated heterocycles. The summed E-state index contributed by atoms with van der Waals surface area (Å²) in [4.78, 5) is 0. The van der Waals surface area contributed by atoms with E-state index < -0.39 is 0 Å². The van der Waals surface area contributed by atoms with Gasteiger partial charge in [-0.2, -0.15) is 0 Å². The van der Waals surface area contributed by atoms with Gasteiger partial charge in [0.25, 0.3) is 0 Å². The molecule has 1 heterocycles. The monoisotopic (exact) mass is 336 g/mol. The Balaban J connectivity index is 1.68. The third kappa shape index (κ3) is 2.96. The molecule has 1 aliphatic carbocycles. The standard InChI is InChI=1S/C18H25BrO/c19-14-18(12-4-8-16-9-5-13-20-16)11-3-7-15-6-1-2-10-17(15)18/h1-2,6,10,16H,3-5,7-9,11-14H2. The number of rotatable bonds is 5. The van der Waals surface area contributed by atoms with Gasteiger partial charge in [0.1, 0.15) is 0 Å². The smallest absolute Gasteiger partial charge is 0.0576 e. The average Bonchev–Trinajstić information content (AvgIpc) is 3.01. The van der Waals surface area contributed by atoms with Crippen molar-refractivity contribution in [3.05, 3.63) is 35.4 Å². The van der Waals surface area contributed by atoms with Crippen LogP contribution in [-0.4, -0.2) is 18.0 Å². The molecule has 2 aliphatic rings. The van der Waals surface area contributed by atoms with Crippen molar-refractivity contribution in [2.24, 2.45) is 0 Å². The highest BCUT2D eigenvalue weighted by Crippen LogP contribution is 2.42. The summed E-state index contributed by atoms with van der Waals surface area (Å²) in [6.45, 7) is 0.983. The molecule has 2 atom stereocenters. The molecule has 1 aromatic rings. The van der Waals surface area contributed by atoms with Gasteiger partial charge in [-0.15, -0.1) is 0 Å². The van der Waals surface area contributed by atoms with Gasteiger partial charge in [-0.3, -0.25) is 0 Å². The second kappa shape index (κ2) is 6.62. The van der Waals surface area contributed by atoms with E-state index >= 15 is 0 Å². The first-order valence-corrected chi connectivity index (χ1v) is 9.22. The summed E-state index contributed by atoms with van der Waals surface area (Å²) in [5.74, 6) is 0. The van der Waals surface area contributed by atoms with Crippen molar-refractivity contribution in [1.29, 1.82) is 0 Å². The molecule has 0 radical (unpaired) electrons. The van der Waals surface area contributed by atoms with Crippen molar-refractivity contribution in [1.82, 2.24) is 0 Å². The molecule has 2 heteroatoms. The largest absolute Gasteiger partial charge is 0.378 e. The molecule has 1 nitrogen and oxygen atoms in total. The Kier molecular flexibility index (Phi) is 4.83. The molecule has 2 unspecified atom stereocenters. The third-order valence-corrected chi connectivity index (χ3v) is 6.22. The van der Waals surface area contributed by atoms with Crippen LogP contribution in [0, 0.1) is 0 Å². The van der Waals surface area contributed by atoms with Crippen molar-refractivity contribution in [3.8, 4) is 0 Å². The lowest BCUT2D eigenvalue weighted by Gasteiger charge is -2.38. The first-order valence-electron chi connectivity index (χ1n) is 8.10. The van der Waals surface area contributed by atoms with Gasteiger partial charge in [-0.25, -0.2) is 0 Å². The van der Waals surface area contributed by atoms with Gasteiger partial charge >= 0.3 is 0 Å². The lowest BCUT2D eigenvalue weighted by molar-refractivity contribution is 0.0999. The first-order chi connectivity index (χ1) is 9.84. The highest BCUT2D eigenvalue weighted by Gasteiger charge is 2.35. The zero-order valence-electron chi connectivity index (χ0n) is 12.2. The van der Waals surface area contributed by atoms with Gasteiger partial charge in [-0.05, 0) is 62.5 Å². The van der Waals surface area contributed by atoms with E-state index in [1.807, 2.05) is 0 Å².